The van der Waals surface area contributed by atoms with Gasteiger partial charge in [-0.25, -0.2) is 0 Å². The van der Waals surface area contributed by atoms with E-state index in [0.717, 1.165) is 27.6 Å². The molecule has 1 aromatic carbocycles. The molecule has 17 heavy (non-hydrogen) atoms. The van der Waals surface area contributed by atoms with Crippen molar-refractivity contribution in [3.05, 3.63) is 22.2 Å². The molecule has 0 aromatic heterocycles. The van der Waals surface area contributed by atoms with Crippen molar-refractivity contribution < 1.29 is 4.79 Å². The Morgan fingerprint density at radius 1 is 1.53 bits per heavy atom. The fourth-order valence-electron chi connectivity index (χ4n) is 2.23. The molecule has 2 N–H and O–H groups in total. The van der Waals surface area contributed by atoms with Crippen molar-refractivity contribution in [2.24, 2.45) is 5.92 Å². The number of aryl methyl sites for hydroxylation is 1. The predicted molar refractivity (Wildman–Crippen MR) is 77.5 cm³/mol. The Morgan fingerprint density at radius 3 is 2.76 bits per heavy atom. The minimum absolute atomic E-state index is 0.159. The van der Waals surface area contributed by atoms with Crippen molar-refractivity contribution in [1.29, 1.82) is 0 Å². The molecule has 1 aliphatic heterocycles. The first-order chi connectivity index (χ1) is 8.02. The number of hydrogen-bond donors (Lipinski definition) is 1. The molecule has 92 valence electrons. The van der Waals surface area contributed by atoms with Crippen LogP contribution in [0.3, 0.4) is 0 Å². The van der Waals surface area contributed by atoms with Crippen LogP contribution in [0.25, 0.3) is 0 Å². The molecule has 1 saturated heterocycles. The van der Waals surface area contributed by atoms with E-state index in [1.54, 1.807) is 0 Å². The minimum Gasteiger partial charge on any atom is -0.397 e. The van der Waals surface area contributed by atoms with Crippen molar-refractivity contribution in [2.75, 3.05) is 22.5 Å². The number of alkyl halides is 1. The van der Waals surface area contributed by atoms with Crippen molar-refractivity contribution >= 4 is 49.1 Å². The summed E-state index contributed by atoms with van der Waals surface area (Å²) in [5.74, 6) is 0.538. The highest BCUT2D eigenvalue weighted by molar-refractivity contribution is 9.10. The van der Waals surface area contributed by atoms with Crippen LogP contribution >= 0.6 is 31.9 Å². The fourth-order valence-corrected chi connectivity index (χ4v) is 3.25. The Morgan fingerprint density at radius 2 is 2.24 bits per heavy atom. The average molecular weight is 362 g/mol. The zero-order valence-electron chi connectivity index (χ0n) is 9.54. The third-order valence-corrected chi connectivity index (χ3v) is 4.36. The van der Waals surface area contributed by atoms with E-state index in [-0.39, 0.29) is 5.91 Å². The van der Waals surface area contributed by atoms with Gasteiger partial charge in [0, 0.05) is 22.8 Å². The number of halogens is 2. The topological polar surface area (TPSA) is 46.3 Å². The van der Waals surface area contributed by atoms with Gasteiger partial charge >= 0.3 is 0 Å². The van der Waals surface area contributed by atoms with E-state index in [2.05, 4.69) is 31.9 Å². The third-order valence-electron chi connectivity index (χ3n) is 2.99. The quantitative estimate of drug-likeness (QED) is 0.649. The van der Waals surface area contributed by atoms with Crippen LogP contribution in [0.4, 0.5) is 11.4 Å². The average Bonchev–Trinajstić information content (AvgIpc) is 2.59. The second-order valence-electron chi connectivity index (χ2n) is 4.39. The highest BCUT2D eigenvalue weighted by Gasteiger charge is 2.31. The summed E-state index contributed by atoms with van der Waals surface area (Å²) in [6.45, 7) is 2.72. The zero-order chi connectivity index (χ0) is 12.6. The first-order valence-electron chi connectivity index (χ1n) is 5.45. The maximum Gasteiger partial charge on any atom is 0.227 e. The van der Waals surface area contributed by atoms with Gasteiger partial charge in [-0.15, -0.1) is 0 Å². The fraction of sp³-hybridized carbons (Fsp3) is 0.417. The molecule has 1 fully saturated rings. The largest absolute Gasteiger partial charge is 0.397 e. The zero-order valence-corrected chi connectivity index (χ0v) is 12.7. The number of hydrogen-bond acceptors (Lipinski definition) is 2. The third kappa shape index (κ3) is 2.50. The molecule has 1 atom stereocenters. The van der Waals surface area contributed by atoms with Gasteiger partial charge in [-0.2, -0.15) is 0 Å². The molecular formula is C12H14Br2N2O. The van der Waals surface area contributed by atoms with E-state index in [0.29, 0.717) is 18.0 Å². The molecule has 2 rings (SSSR count). The Hall–Kier alpha value is -0.550. The lowest BCUT2D eigenvalue weighted by Gasteiger charge is -2.21. The van der Waals surface area contributed by atoms with Gasteiger partial charge in [0.15, 0.2) is 0 Å². The van der Waals surface area contributed by atoms with Crippen molar-refractivity contribution in [3.63, 3.8) is 0 Å². The van der Waals surface area contributed by atoms with Crippen LogP contribution in [0.2, 0.25) is 0 Å². The molecule has 0 radical (unpaired) electrons. The van der Waals surface area contributed by atoms with Gasteiger partial charge in [0.05, 0.1) is 11.4 Å². The molecule has 0 spiro atoms. The standard InChI is InChI=1S/C12H14Br2N2O/c1-7-2-9(14)4-10(15)12(7)16-6-8(5-13)3-11(16)17/h2,4,8H,3,5-6,15H2,1H3. The van der Waals surface area contributed by atoms with Crippen LogP contribution in [0, 0.1) is 12.8 Å². The molecule has 1 aromatic rings. The lowest BCUT2D eigenvalue weighted by molar-refractivity contribution is -0.117. The summed E-state index contributed by atoms with van der Waals surface area (Å²) in [7, 11) is 0. The minimum atomic E-state index is 0.159. The molecular weight excluding hydrogens is 348 g/mol. The van der Waals surface area contributed by atoms with E-state index in [1.807, 2.05) is 24.0 Å². The molecule has 1 amide bonds. The normalized spacial score (nSPS) is 20.1. The summed E-state index contributed by atoms with van der Waals surface area (Å²) in [5.41, 5.74) is 8.56. The van der Waals surface area contributed by atoms with Crippen LogP contribution in [0.1, 0.15) is 12.0 Å². The monoisotopic (exact) mass is 360 g/mol. The van der Waals surface area contributed by atoms with Crippen LogP contribution in [-0.4, -0.2) is 17.8 Å². The molecule has 1 heterocycles. The van der Waals surface area contributed by atoms with Crippen LogP contribution in [-0.2, 0) is 4.79 Å². The molecule has 0 saturated carbocycles. The summed E-state index contributed by atoms with van der Waals surface area (Å²) in [4.78, 5) is 13.8. The maximum atomic E-state index is 12.0. The molecule has 1 unspecified atom stereocenters. The number of anilines is 2. The second-order valence-corrected chi connectivity index (χ2v) is 5.95. The van der Waals surface area contributed by atoms with E-state index < -0.39 is 0 Å². The molecule has 0 bridgehead atoms. The SMILES string of the molecule is Cc1cc(Br)cc(N)c1N1CC(CBr)CC1=O. The summed E-state index contributed by atoms with van der Waals surface area (Å²) < 4.78 is 0.944. The Bertz CT molecular complexity index is 439. The van der Waals surface area contributed by atoms with E-state index >= 15 is 0 Å². The van der Waals surface area contributed by atoms with Gasteiger partial charge in [-0.3, -0.25) is 4.79 Å². The van der Waals surface area contributed by atoms with Crippen molar-refractivity contribution in [1.82, 2.24) is 0 Å². The smallest absolute Gasteiger partial charge is 0.227 e. The molecule has 0 aliphatic carbocycles. The first-order valence-corrected chi connectivity index (χ1v) is 7.36. The maximum absolute atomic E-state index is 12.0. The summed E-state index contributed by atoms with van der Waals surface area (Å²) in [5, 5.41) is 0.852. The van der Waals surface area contributed by atoms with Gasteiger partial charge in [0.25, 0.3) is 0 Å². The lowest BCUT2D eigenvalue weighted by atomic mass is 10.1. The second kappa shape index (κ2) is 4.98. The Balaban J connectivity index is 2.38. The lowest BCUT2D eigenvalue weighted by Crippen LogP contribution is -2.26. The molecule has 5 heteroatoms. The highest BCUT2D eigenvalue weighted by atomic mass is 79.9. The van der Waals surface area contributed by atoms with Gasteiger partial charge in [-0.05, 0) is 30.5 Å². The number of carbonyl (C=O) groups is 1. The predicted octanol–water partition coefficient (Wildman–Crippen LogP) is 3.09. The van der Waals surface area contributed by atoms with Gasteiger partial charge in [-0.1, -0.05) is 31.9 Å². The molecule has 3 nitrogen and oxygen atoms in total. The van der Waals surface area contributed by atoms with Crippen molar-refractivity contribution in [3.8, 4) is 0 Å². The number of benzene rings is 1. The van der Waals surface area contributed by atoms with Gasteiger partial charge in [0.2, 0.25) is 5.91 Å². The van der Waals surface area contributed by atoms with E-state index in [4.69, 9.17) is 5.73 Å². The van der Waals surface area contributed by atoms with E-state index in [9.17, 15) is 4.79 Å². The number of nitrogens with zero attached hydrogens (tertiary/aromatic N) is 1. The number of nitrogen functional groups attached to an aromatic ring is 1. The number of amides is 1. The summed E-state index contributed by atoms with van der Waals surface area (Å²) >= 11 is 6.84. The number of nitrogens with two attached hydrogens (primary N) is 1. The van der Waals surface area contributed by atoms with Crippen LogP contribution < -0.4 is 10.6 Å². The van der Waals surface area contributed by atoms with Crippen molar-refractivity contribution in [2.45, 2.75) is 13.3 Å². The first kappa shape index (κ1) is 12.9. The van der Waals surface area contributed by atoms with Crippen LogP contribution in [0.15, 0.2) is 16.6 Å². The summed E-state index contributed by atoms with van der Waals surface area (Å²) in [6, 6.07) is 3.83. The van der Waals surface area contributed by atoms with Crippen LogP contribution in [0.5, 0.6) is 0 Å². The Kier molecular flexibility index (Phi) is 3.78. The summed E-state index contributed by atoms with van der Waals surface area (Å²) in [6.07, 6.45) is 0.597. The Labute approximate surface area is 118 Å². The van der Waals surface area contributed by atoms with Gasteiger partial charge < -0.3 is 10.6 Å². The molecule has 1 aliphatic rings. The van der Waals surface area contributed by atoms with Gasteiger partial charge in [0.1, 0.15) is 0 Å². The number of carbonyl (C=O) groups excluding carboxylic acids is 1. The highest BCUT2D eigenvalue weighted by Crippen LogP contribution is 2.35. The van der Waals surface area contributed by atoms with E-state index in [1.165, 1.54) is 0 Å². The number of rotatable bonds is 2.